The van der Waals surface area contributed by atoms with Crippen LogP contribution in [0, 0.1) is 13.8 Å². The van der Waals surface area contributed by atoms with E-state index in [0.717, 1.165) is 30.6 Å². The zero-order chi connectivity index (χ0) is 15.4. The van der Waals surface area contributed by atoms with Crippen LogP contribution in [-0.2, 0) is 9.59 Å². The molecule has 0 bridgehead atoms. The first-order chi connectivity index (χ1) is 9.95. The molecule has 1 aliphatic rings. The number of anilines is 1. The van der Waals surface area contributed by atoms with E-state index in [-0.39, 0.29) is 24.9 Å². The van der Waals surface area contributed by atoms with Crippen molar-refractivity contribution in [3.05, 3.63) is 29.3 Å². The van der Waals surface area contributed by atoms with Crippen LogP contribution in [0.5, 0.6) is 0 Å². The Bertz CT molecular complexity index is 542. The second-order valence-electron chi connectivity index (χ2n) is 5.71. The summed E-state index contributed by atoms with van der Waals surface area (Å²) in [5, 5.41) is 11.8. The summed E-state index contributed by atoms with van der Waals surface area (Å²) in [6, 6.07) is 5.80. The molecule has 1 atom stereocenters. The summed E-state index contributed by atoms with van der Waals surface area (Å²) in [6.07, 6.45) is 1.91. The Morgan fingerprint density at radius 1 is 1.33 bits per heavy atom. The molecular weight excluding hydrogens is 268 g/mol. The first-order valence-electron chi connectivity index (χ1n) is 7.28. The molecule has 2 rings (SSSR count). The summed E-state index contributed by atoms with van der Waals surface area (Å²) in [6.45, 7) is 5.08. The lowest BCUT2D eigenvalue weighted by Gasteiger charge is -2.22. The predicted molar refractivity (Wildman–Crippen MR) is 81.4 cm³/mol. The lowest BCUT2D eigenvalue weighted by molar-refractivity contribution is -0.138. The lowest BCUT2D eigenvalue weighted by atomic mass is 10.1. The summed E-state index contributed by atoms with van der Waals surface area (Å²) in [4.78, 5) is 24.9. The summed E-state index contributed by atoms with van der Waals surface area (Å²) in [7, 11) is 0. The van der Waals surface area contributed by atoms with Crippen molar-refractivity contribution in [2.45, 2.75) is 39.2 Å². The number of carboxylic acids is 1. The highest BCUT2D eigenvalue weighted by molar-refractivity contribution is 5.92. The molecule has 1 unspecified atom stereocenters. The van der Waals surface area contributed by atoms with Crippen molar-refractivity contribution in [2.75, 3.05) is 18.4 Å². The first-order valence-corrected chi connectivity index (χ1v) is 7.28. The maximum absolute atomic E-state index is 12.1. The summed E-state index contributed by atoms with van der Waals surface area (Å²) < 4.78 is 0. The molecule has 0 aromatic heterocycles. The highest BCUT2D eigenvalue weighted by Crippen LogP contribution is 2.20. The average Bonchev–Trinajstić information content (AvgIpc) is 2.80. The van der Waals surface area contributed by atoms with E-state index in [4.69, 9.17) is 5.11 Å². The third-order valence-electron chi connectivity index (χ3n) is 4.05. The molecule has 5 nitrogen and oxygen atoms in total. The number of hydrogen-bond donors (Lipinski definition) is 2. The molecule has 0 radical (unpaired) electrons. The largest absolute Gasteiger partial charge is 0.481 e. The number of amides is 1. The molecule has 0 spiro atoms. The fourth-order valence-corrected chi connectivity index (χ4v) is 2.74. The van der Waals surface area contributed by atoms with E-state index >= 15 is 0 Å². The number of aryl methyl sites for hydroxylation is 2. The highest BCUT2D eigenvalue weighted by Gasteiger charge is 2.27. The van der Waals surface area contributed by atoms with E-state index in [9.17, 15) is 9.59 Å². The summed E-state index contributed by atoms with van der Waals surface area (Å²) >= 11 is 0. The van der Waals surface area contributed by atoms with E-state index in [1.807, 2.05) is 36.9 Å². The fraction of sp³-hybridized carbons (Fsp3) is 0.500. The molecule has 2 N–H and O–H groups in total. The molecule has 1 amide bonds. The normalized spacial score (nSPS) is 18.7. The fourth-order valence-electron chi connectivity index (χ4n) is 2.74. The quantitative estimate of drug-likeness (QED) is 0.872. The number of nitrogens with zero attached hydrogens (tertiary/aromatic N) is 1. The maximum Gasteiger partial charge on any atom is 0.304 e. The van der Waals surface area contributed by atoms with Crippen molar-refractivity contribution in [1.82, 2.24) is 4.90 Å². The summed E-state index contributed by atoms with van der Waals surface area (Å²) in [5.74, 6) is -0.892. The first kappa shape index (κ1) is 15.5. The number of aliphatic carboxylic acids is 1. The molecule has 5 heteroatoms. The van der Waals surface area contributed by atoms with Gasteiger partial charge in [0.2, 0.25) is 5.91 Å². The summed E-state index contributed by atoms with van der Waals surface area (Å²) in [5.41, 5.74) is 3.11. The van der Waals surface area contributed by atoms with Crippen molar-refractivity contribution < 1.29 is 14.7 Å². The maximum atomic E-state index is 12.1. The molecule has 1 aromatic carbocycles. The average molecular weight is 290 g/mol. The lowest BCUT2D eigenvalue weighted by Crippen LogP contribution is -2.37. The van der Waals surface area contributed by atoms with Crippen LogP contribution >= 0.6 is 0 Å². The van der Waals surface area contributed by atoms with Crippen LogP contribution < -0.4 is 5.32 Å². The van der Waals surface area contributed by atoms with Crippen LogP contribution in [0.4, 0.5) is 5.69 Å². The van der Waals surface area contributed by atoms with Gasteiger partial charge in [0.05, 0.1) is 13.0 Å². The van der Waals surface area contributed by atoms with Crippen molar-refractivity contribution in [3.63, 3.8) is 0 Å². The molecule has 21 heavy (non-hydrogen) atoms. The van der Waals surface area contributed by atoms with Crippen molar-refractivity contribution >= 4 is 17.6 Å². The van der Waals surface area contributed by atoms with E-state index in [0.29, 0.717) is 0 Å². The van der Waals surface area contributed by atoms with E-state index < -0.39 is 5.97 Å². The number of nitrogens with one attached hydrogen (secondary N) is 1. The van der Waals surface area contributed by atoms with Gasteiger partial charge in [0.1, 0.15) is 0 Å². The number of hydrogen-bond acceptors (Lipinski definition) is 3. The molecule has 0 aliphatic carbocycles. The van der Waals surface area contributed by atoms with Crippen LogP contribution in [0.1, 0.15) is 30.4 Å². The molecule has 114 valence electrons. The van der Waals surface area contributed by atoms with Crippen molar-refractivity contribution in [3.8, 4) is 0 Å². The van der Waals surface area contributed by atoms with Gasteiger partial charge in [0.15, 0.2) is 0 Å². The van der Waals surface area contributed by atoms with Crippen LogP contribution in [-0.4, -0.2) is 41.0 Å². The van der Waals surface area contributed by atoms with Gasteiger partial charge >= 0.3 is 5.97 Å². The van der Waals surface area contributed by atoms with Gasteiger partial charge in [-0.25, -0.2) is 0 Å². The number of benzene rings is 1. The van der Waals surface area contributed by atoms with Crippen molar-refractivity contribution in [1.29, 1.82) is 0 Å². The molecule has 1 saturated heterocycles. The number of likely N-dealkylation sites (tertiary alicyclic amines) is 1. The number of rotatable bonds is 5. The highest BCUT2D eigenvalue weighted by atomic mass is 16.4. The van der Waals surface area contributed by atoms with Gasteiger partial charge in [0, 0.05) is 11.7 Å². The third kappa shape index (κ3) is 4.29. The van der Waals surface area contributed by atoms with E-state index in [2.05, 4.69) is 5.32 Å². The monoisotopic (exact) mass is 290 g/mol. The van der Waals surface area contributed by atoms with Crippen LogP contribution in [0.3, 0.4) is 0 Å². The van der Waals surface area contributed by atoms with Gasteiger partial charge in [0.25, 0.3) is 0 Å². The van der Waals surface area contributed by atoms with Gasteiger partial charge in [-0.2, -0.15) is 0 Å². The Kier molecular flexibility index (Phi) is 4.96. The van der Waals surface area contributed by atoms with E-state index in [1.165, 1.54) is 5.56 Å². The molecule has 1 fully saturated rings. The Labute approximate surface area is 125 Å². The minimum absolute atomic E-state index is 0.0204. The van der Waals surface area contributed by atoms with Gasteiger partial charge in [-0.1, -0.05) is 6.07 Å². The predicted octanol–water partition coefficient (Wildman–Crippen LogP) is 2.18. The third-order valence-corrected chi connectivity index (χ3v) is 4.05. The minimum Gasteiger partial charge on any atom is -0.481 e. The van der Waals surface area contributed by atoms with Gasteiger partial charge in [-0.15, -0.1) is 0 Å². The molecular formula is C16H22N2O3. The van der Waals surface area contributed by atoms with Crippen LogP contribution in [0.2, 0.25) is 0 Å². The SMILES string of the molecule is Cc1ccc(NC(=O)CN2CCCC2CC(=O)O)cc1C. The number of carbonyl (C=O) groups excluding carboxylic acids is 1. The minimum atomic E-state index is -0.804. The Morgan fingerprint density at radius 2 is 2.10 bits per heavy atom. The zero-order valence-corrected chi connectivity index (χ0v) is 12.6. The van der Waals surface area contributed by atoms with Gasteiger partial charge < -0.3 is 10.4 Å². The molecule has 1 aromatic rings. The topological polar surface area (TPSA) is 69.6 Å². The van der Waals surface area contributed by atoms with Crippen LogP contribution in [0.15, 0.2) is 18.2 Å². The molecule has 0 saturated carbocycles. The van der Waals surface area contributed by atoms with Crippen molar-refractivity contribution in [2.24, 2.45) is 0 Å². The standard InChI is InChI=1S/C16H22N2O3/c1-11-5-6-13(8-12(11)2)17-15(19)10-18-7-3-4-14(18)9-16(20)21/h5-6,8,14H,3-4,7,9-10H2,1-2H3,(H,17,19)(H,20,21). The Morgan fingerprint density at radius 3 is 2.76 bits per heavy atom. The Balaban J connectivity index is 1.91. The Hall–Kier alpha value is -1.88. The second-order valence-corrected chi connectivity index (χ2v) is 5.71. The van der Waals surface area contributed by atoms with Gasteiger partial charge in [-0.05, 0) is 56.5 Å². The van der Waals surface area contributed by atoms with E-state index in [1.54, 1.807) is 0 Å². The van der Waals surface area contributed by atoms with Gasteiger partial charge in [-0.3, -0.25) is 14.5 Å². The molecule has 1 aliphatic heterocycles. The number of carbonyl (C=O) groups is 2. The smallest absolute Gasteiger partial charge is 0.304 e. The second kappa shape index (κ2) is 6.72. The zero-order valence-electron chi connectivity index (χ0n) is 12.6. The molecule has 1 heterocycles. The van der Waals surface area contributed by atoms with Crippen LogP contribution in [0.25, 0.3) is 0 Å². The number of carboxylic acid groups (broad SMARTS) is 1.